The number of rotatable bonds is 4. The van der Waals surface area contributed by atoms with Crippen molar-refractivity contribution >= 4 is 0 Å². The summed E-state index contributed by atoms with van der Waals surface area (Å²) in [6.45, 7) is 0. The summed E-state index contributed by atoms with van der Waals surface area (Å²) >= 11 is 0. The molecule has 0 atom stereocenters. The first-order valence-electron chi connectivity index (χ1n) is 10.1. The molecule has 0 aliphatic heterocycles. The van der Waals surface area contributed by atoms with E-state index in [4.69, 9.17) is 0 Å². The van der Waals surface area contributed by atoms with E-state index in [0.717, 1.165) is 0 Å². The molecule has 0 aromatic heterocycles. The van der Waals surface area contributed by atoms with Gasteiger partial charge in [0, 0.05) is 0 Å². The van der Waals surface area contributed by atoms with Crippen LogP contribution in [-0.2, 0) is 0 Å². The zero-order valence-electron chi connectivity index (χ0n) is 16.7. The zero-order chi connectivity index (χ0) is 20.4. The zero-order valence-corrected chi connectivity index (χ0v) is 16.7. The lowest BCUT2D eigenvalue weighted by Crippen LogP contribution is -1.98. The van der Waals surface area contributed by atoms with Crippen LogP contribution in [0, 0.1) is 23.7 Å². The van der Waals surface area contributed by atoms with Gasteiger partial charge in [-0.05, 0) is 34.1 Å². The summed E-state index contributed by atoms with van der Waals surface area (Å²) in [6, 6.07) is 41.5. The van der Waals surface area contributed by atoms with Crippen molar-refractivity contribution in [2.45, 2.75) is 11.8 Å². The molecule has 4 aromatic rings. The van der Waals surface area contributed by atoms with E-state index in [2.05, 4.69) is 121 Å². The molecule has 0 saturated heterocycles. The molecule has 0 saturated carbocycles. The molecule has 0 N–H and O–H groups in total. The van der Waals surface area contributed by atoms with E-state index in [1.807, 2.05) is 24.3 Å². The third kappa shape index (κ3) is 4.88. The quantitative estimate of drug-likeness (QED) is 0.346. The van der Waals surface area contributed by atoms with Crippen LogP contribution in [0.4, 0.5) is 0 Å². The highest BCUT2D eigenvalue weighted by molar-refractivity contribution is 5.46. The van der Waals surface area contributed by atoms with Gasteiger partial charge in [0.05, 0.1) is 11.8 Å². The van der Waals surface area contributed by atoms with Gasteiger partial charge in [0.15, 0.2) is 0 Å². The number of hydrogen-bond acceptors (Lipinski definition) is 0. The predicted octanol–water partition coefficient (Wildman–Crippen LogP) is 6.66. The summed E-state index contributed by atoms with van der Waals surface area (Å²) in [5, 5.41) is 0. The van der Waals surface area contributed by atoms with Crippen molar-refractivity contribution in [3.05, 3.63) is 144 Å². The molecule has 0 unspecified atom stereocenters. The van der Waals surface area contributed by atoms with Crippen molar-refractivity contribution in [2.24, 2.45) is 0 Å². The molecule has 4 aromatic carbocycles. The second kappa shape index (κ2) is 9.97. The Morgan fingerprint density at radius 3 is 0.800 bits per heavy atom. The van der Waals surface area contributed by atoms with E-state index in [1.54, 1.807) is 0 Å². The molecular weight excluding hydrogens is 360 g/mol. The van der Waals surface area contributed by atoms with Gasteiger partial charge in [-0.3, -0.25) is 0 Å². The Morgan fingerprint density at radius 2 is 0.567 bits per heavy atom. The maximum Gasteiger partial charge on any atom is 0.0712 e. The molecule has 0 aliphatic rings. The maximum atomic E-state index is 3.39. The normalized spacial score (nSPS) is 10.1. The molecule has 0 spiro atoms. The molecule has 0 fully saturated rings. The van der Waals surface area contributed by atoms with Crippen molar-refractivity contribution in [3.63, 3.8) is 0 Å². The van der Waals surface area contributed by atoms with Crippen LogP contribution in [-0.4, -0.2) is 0 Å². The van der Waals surface area contributed by atoms with E-state index >= 15 is 0 Å². The summed E-state index contributed by atoms with van der Waals surface area (Å²) in [4.78, 5) is 0. The van der Waals surface area contributed by atoms with Gasteiger partial charge in [-0.15, -0.1) is 0 Å². The summed E-state index contributed by atoms with van der Waals surface area (Å²) in [5.74, 6) is 13.1. The average molecular weight is 383 g/mol. The van der Waals surface area contributed by atoms with Gasteiger partial charge in [0.2, 0.25) is 0 Å². The van der Waals surface area contributed by atoms with Crippen molar-refractivity contribution in [1.29, 1.82) is 0 Å². The largest absolute Gasteiger partial charge is 0.0760 e. The first-order chi connectivity index (χ1) is 14.9. The third-order valence-corrected chi connectivity index (χ3v) is 5.03. The summed E-state index contributed by atoms with van der Waals surface area (Å²) in [5.41, 5.74) is 4.72. The fourth-order valence-electron chi connectivity index (χ4n) is 3.52. The van der Waals surface area contributed by atoms with Gasteiger partial charge >= 0.3 is 0 Å². The molecule has 0 amide bonds. The molecule has 0 heterocycles. The van der Waals surface area contributed by atoms with Crippen LogP contribution in [0.15, 0.2) is 121 Å². The maximum absolute atomic E-state index is 3.39. The van der Waals surface area contributed by atoms with Crippen molar-refractivity contribution in [1.82, 2.24) is 0 Å². The summed E-state index contributed by atoms with van der Waals surface area (Å²) in [6.07, 6.45) is 0. The molecule has 4 rings (SSSR count). The highest BCUT2D eigenvalue weighted by Crippen LogP contribution is 2.24. The monoisotopic (exact) mass is 382 g/mol. The number of hydrogen-bond donors (Lipinski definition) is 0. The minimum absolute atomic E-state index is 0.00796. The Morgan fingerprint density at radius 1 is 0.333 bits per heavy atom. The first-order valence-corrected chi connectivity index (χ1v) is 10.1. The lowest BCUT2D eigenvalue weighted by Gasteiger charge is -2.11. The molecule has 0 aliphatic carbocycles. The van der Waals surface area contributed by atoms with Gasteiger partial charge < -0.3 is 0 Å². The molecule has 0 nitrogen and oxygen atoms in total. The van der Waals surface area contributed by atoms with Crippen LogP contribution in [0.25, 0.3) is 0 Å². The average Bonchev–Trinajstić information content (AvgIpc) is 2.84. The second-order valence-corrected chi connectivity index (χ2v) is 7.05. The van der Waals surface area contributed by atoms with Gasteiger partial charge in [0.25, 0.3) is 0 Å². The van der Waals surface area contributed by atoms with E-state index in [-0.39, 0.29) is 11.8 Å². The first kappa shape index (κ1) is 19.3. The minimum Gasteiger partial charge on any atom is -0.0760 e. The van der Waals surface area contributed by atoms with Crippen molar-refractivity contribution in [2.75, 3.05) is 0 Å². The fraction of sp³-hybridized carbons (Fsp3) is 0.0667. The summed E-state index contributed by atoms with van der Waals surface area (Å²) in [7, 11) is 0. The Labute approximate surface area is 179 Å². The standard InChI is InChI=1S/C30H22/c1-5-15-25(16-6-1)29(26-17-7-2-8-18-26)23-13-14-24-30(27-19-9-3-10-20-27)28-21-11-4-12-22-28/h1-12,15-22,29-30H. The van der Waals surface area contributed by atoms with Crippen LogP contribution < -0.4 is 0 Å². The van der Waals surface area contributed by atoms with Crippen LogP contribution >= 0.6 is 0 Å². The predicted molar refractivity (Wildman–Crippen MR) is 125 cm³/mol. The second-order valence-electron chi connectivity index (χ2n) is 7.05. The van der Waals surface area contributed by atoms with E-state index < -0.39 is 0 Å². The van der Waals surface area contributed by atoms with Crippen molar-refractivity contribution in [3.8, 4) is 23.7 Å². The highest BCUT2D eigenvalue weighted by atomic mass is 14.1. The molecular formula is C30H22. The van der Waals surface area contributed by atoms with Gasteiger partial charge in [-0.25, -0.2) is 0 Å². The third-order valence-electron chi connectivity index (χ3n) is 5.03. The van der Waals surface area contributed by atoms with E-state index in [1.165, 1.54) is 22.3 Å². The van der Waals surface area contributed by atoms with Gasteiger partial charge in [-0.1, -0.05) is 133 Å². The van der Waals surface area contributed by atoms with Gasteiger partial charge in [-0.2, -0.15) is 0 Å². The SMILES string of the molecule is C(C#CC(c1ccccc1)c1ccccc1)#CC(c1ccccc1)c1ccccc1. The Kier molecular flexibility index (Phi) is 6.42. The Bertz CT molecular complexity index is 992. The van der Waals surface area contributed by atoms with Crippen LogP contribution in [0.2, 0.25) is 0 Å². The Balaban J connectivity index is 1.67. The molecule has 0 radical (unpaired) electrons. The van der Waals surface area contributed by atoms with E-state index in [0.29, 0.717) is 0 Å². The summed E-state index contributed by atoms with van der Waals surface area (Å²) < 4.78 is 0. The highest BCUT2D eigenvalue weighted by Gasteiger charge is 2.11. The molecule has 142 valence electrons. The van der Waals surface area contributed by atoms with Crippen LogP contribution in [0.1, 0.15) is 34.1 Å². The van der Waals surface area contributed by atoms with Crippen LogP contribution in [0.3, 0.4) is 0 Å². The molecule has 0 bridgehead atoms. The Hall–Kier alpha value is -4.00. The lowest BCUT2D eigenvalue weighted by atomic mass is 9.91. The number of benzene rings is 4. The van der Waals surface area contributed by atoms with Gasteiger partial charge in [0.1, 0.15) is 0 Å². The fourth-order valence-corrected chi connectivity index (χ4v) is 3.52. The van der Waals surface area contributed by atoms with Crippen LogP contribution in [0.5, 0.6) is 0 Å². The minimum atomic E-state index is 0.00796. The van der Waals surface area contributed by atoms with E-state index in [9.17, 15) is 0 Å². The van der Waals surface area contributed by atoms with Crippen molar-refractivity contribution < 1.29 is 0 Å². The smallest absolute Gasteiger partial charge is 0.0712 e. The topological polar surface area (TPSA) is 0 Å². The molecule has 0 heteroatoms. The lowest BCUT2D eigenvalue weighted by molar-refractivity contribution is 1.06. The molecule has 30 heavy (non-hydrogen) atoms.